The molecule has 0 radical (unpaired) electrons. The highest BCUT2D eigenvalue weighted by Gasteiger charge is 2.19. The Labute approximate surface area is 172 Å². The first-order valence-electron chi connectivity index (χ1n) is 9.58. The molecule has 9 heteroatoms. The Morgan fingerprint density at radius 2 is 1.59 bits per heavy atom. The summed E-state index contributed by atoms with van der Waals surface area (Å²) in [6.45, 7) is 2.59. The summed E-state index contributed by atoms with van der Waals surface area (Å²) in [7, 11) is -7.66. The van der Waals surface area contributed by atoms with Crippen molar-refractivity contribution in [1.82, 2.24) is 4.72 Å². The number of aryl methyl sites for hydroxylation is 1. The van der Waals surface area contributed by atoms with Gasteiger partial charge < -0.3 is 0 Å². The Morgan fingerprint density at radius 1 is 0.862 bits per heavy atom. The van der Waals surface area contributed by atoms with Gasteiger partial charge in [-0.25, -0.2) is 16.8 Å². The molecule has 0 aromatic heterocycles. The van der Waals surface area contributed by atoms with E-state index >= 15 is 0 Å². The molecule has 0 saturated heterocycles. The van der Waals surface area contributed by atoms with Gasteiger partial charge in [-0.15, -0.1) is 0 Å². The minimum atomic E-state index is -3.84. The van der Waals surface area contributed by atoms with E-state index in [0.717, 1.165) is 31.2 Å². The highest BCUT2D eigenvalue weighted by molar-refractivity contribution is 7.92. The van der Waals surface area contributed by atoms with Crippen LogP contribution in [0.5, 0.6) is 0 Å². The Morgan fingerprint density at radius 3 is 2.31 bits per heavy atom. The highest BCUT2D eigenvalue weighted by Crippen LogP contribution is 2.20. The van der Waals surface area contributed by atoms with Gasteiger partial charge in [-0.05, 0) is 55.2 Å². The molecule has 0 unspecified atom stereocenters. The van der Waals surface area contributed by atoms with Crippen molar-refractivity contribution in [2.75, 3.05) is 11.3 Å². The van der Waals surface area contributed by atoms with Gasteiger partial charge in [0.25, 0.3) is 20.0 Å². The molecule has 0 saturated carbocycles. The lowest BCUT2D eigenvalue weighted by Gasteiger charge is -2.12. The van der Waals surface area contributed by atoms with Crippen LogP contribution in [0.1, 0.15) is 38.2 Å². The maximum absolute atomic E-state index is 12.7. The van der Waals surface area contributed by atoms with Crippen LogP contribution in [-0.4, -0.2) is 29.2 Å². The maximum Gasteiger partial charge on any atom is 0.262 e. The summed E-state index contributed by atoms with van der Waals surface area (Å²) < 4.78 is 55.6. The van der Waals surface area contributed by atoms with Crippen LogP contribution in [0.15, 0.2) is 63.3 Å². The molecule has 3 rings (SSSR count). The van der Waals surface area contributed by atoms with Crippen molar-refractivity contribution in [1.29, 1.82) is 0 Å². The van der Waals surface area contributed by atoms with Crippen molar-refractivity contribution in [3.63, 3.8) is 0 Å². The minimum Gasteiger partial charge on any atom is -0.280 e. The molecule has 0 atom stereocenters. The highest BCUT2D eigenvalue weighted by atomic mass is 32.2. The minimum absolute atomic E-state index is 0.0222. The molecule has 1 aliphatic heterocycles. The van der Waals surface area contributed by atoms with Gasteiger partial charge in [-0.1, -0.05) is 31.5 Å². The van der Waals surface area contributed by atoms with Crippen molar-refractivity contribution < 1.29 is 16.8 Å². The lowest BCUT2D eigenvalue weighted by atomic mass is 10.2. The second kappa shape index (κ2) is 8.96. The van der Waals surface area contributed by atoms with Gasteiger partial charge in [0.2, 0.25) is 0 Å². The lowest BCUT2D eigenvalue weighted by Crippen LogP contribution is -2.30. The molecule has 0 amide bonds. The molecule has 0 spiro atoms. The van der Waals surface area contributed by atoms with Crippen LogP contribution in [0.25, 0.3) is 0 Å². The molecule has 2 N–H and O–H groups in total. The van der Waals surface area contributed by atoms with E-state index in [9.17, 15) is 16.8 Å². The van der Waals surface area contributed by atoms with Crippen molar-refractivity contribution in [3.8, 4) is 0 Å². The summed E-state index contributed by atoms with van der Waals surface area (Å²) in [5.41, 5.74) is 1.21. The quantitative estimate of drug-likeness (QED) is 0.726. The summed E-state index contributed by atoms with van der Waals surface area (Å²) in [5, 5.41) is 0. The Kier molecular flexibility index (Phi) is 6.59. The van der Waals surface area contributed by atoms with Crippen LogP contribution in [0.4, 0.5) is 5.69 Å². The van der Waals surface area contributed by atoms with E-state index < -0.39 is 20.0 Å². The van der Waals surface area contributed by atoms with Crippen LogP contribution in [-0.2, 0) is 26.5 Å². The largest absolute Gasteiger partial charge is 0.280 e. The predicted molar refractivity (Wildman–Crippen MR) is 114 cm³/mol. The number of hydrogen-bond acceptors (Lipinski definition) is 5. The smallest absolute Gasteiger partial charge is 0.262 e. The normalized spacial score (nSPS) is 15.3. The monoisotopic (exact) mass is 435 g/mol. The fourth-order valence-electron chi connectivity index (χ4n) is 3.02. The third kappa shape index (κ3) is 5.57. The summed E-state index contributed by atoms with van der Waals surface area (Å²) >= 11 is 0. The summed E-state index contributed by atoms with van der Waals surface area (Å²) in [4.78, 5) is 4.38. The number of nitrogens with one attached hydrogen (secondary N) is 2. The predicted octanol–water partition coefficient (Wildman–Crippen LogP) is 3.30. The van der Waals surface area contributed by atoms with Gasteiger partial charge in [0.1, 0.15) is 5.84 Å². The van der Waals surface area contributed by atoms with E-state index in [1.807, 2.05) is 6.92 Å². The second-order valence-corrected chi connectivity index (χ2v) is 10.2. The topological polar surface area (TPSA) is 105 Å². The van der Waals surface area contributed by atoms with E-state index in [0.29, 0.717) is 18.8 Å². The molecule has 7 nitrogen and oxygen atoms in total. The van der Waals surface area contributed by atoms with Gasteiger partial charge in [0, 0.05) is 13.0 Å². The number of aliphatic imine (C=N–C) groups is 1. The van der Waals surface area contributed by atoms with E-state index in [1.54, 1.807) is 12.1 Å². The summed E-state index contributed by atoms with van der Waals surface area (Å²) in [6, 6.07) is 12.3. The zero-order valence-electron chi connectivity index (χ0n) is 16.3. The number of rotatable bonds is 6. The molecule has 2 aromatic carbocycles. The zero-order valence-corrected chi connectivity index (χ0v) is 17.9. The summed E-state index contributed by atoms with van der Waals surface area (Å²) in [6.07, 6.45) is 4.25. The Bertz CT molecular complexity index is 1090. The average Bonchev–Trinajstić information content (AvgIpc) is 2.96. The maximum atomic E-state index is 12.7. The molecule has 1 heterocycles. The number of benzene rings is 2. The first kappa shape index (κ1) is 21.3. The van der Waals surface area contributed by atoms with Crippen molar-refractivity contribution >= 4 is 31.6 Å². The molecule has 0 aliphatic carbocycles. The first-order valence-corrected chi connectivity index (χ1v) is 12.5. The SMILES string of the molecule is CCc1ccc(S(=O)(=O)Nc2cccc(S(=O)(=O)NC3=NCCCCC3)c2)cc1. The number of anilines is 1. The molecule has 0 bridgehead atoms. The first-order chi connectivity index (χ1) is 13.8. The van der Waals surface area contributed by atoms with Gasteiger partial charge in [-0.2, -0.15) is 0 Å². The third-order valence-corrected chi connectivity index (χ3v) is 7.44. The Balaban J connectivity index is 1.80. The van der Waals surface area contributed by atoms with Gasteiger partial charge in [-0.3, -0.25) is 14.4 Å². The van der Waals surface area contributed by atoms with E-state index in [-0.39, 0.29) is 15.5 Å². The number of sulfonamides is 2. The van der Waals surface area contributed by atoms with E-state index in [2.05, 4.69) is 14.4 Å². The molecule has 156 valence electrons. The Hall–Kier alpha value is -2.39. The standard InChI is InChI=1S/C20H25N3O4S2/c1-2-16-10-12-18(13-11-16)28(24,25)22-17-7-6-8-19(15-17)29(26,27)23-20-9-4-3-5-14-21-20/h6-8,10-13,15,22H,2-5,9,14H2,1H3,(H,21,23). The van der Waals surface area contributed by atoms with E-state index in [1.165, 1.54) is 36.4 Å². The molecule has 2 aromatic rings. The van der Waals surface area contributed by atoms with Crippen LogP contribution in [0.3, 0.4) is 0 Å². The van der Waals surface area contributed by atoms with Crippen LogP contribution in [0, 0.1) is 0 Å². The van der Waals surface area contributed by atoms with E-state index in [4.69, 9.17) is 0 Å². The van der Waals surface area contributed by atoms with Crippen molar-refractivity contribution in [2.45, 2.75) is 48.8 Å². The molecular formula is C20H25N3O4S2. The fourth-order valence-corrected chi connectivity index (χ4v) is 5.20. The second-order valence-electron chi connectivity index (χ2n) is 6.88. The van der Waals surface area contributed by atoms with Gasteiger partial charge in [0.15, 0.2) is 0 Å². The molecule has 1 aliphatic rings. The molecular weight excluding hydrogens is 410 g/mol. The molecule has 0 fully saturated rings. The van der Waals surface area contributed by atoms with Crippen LogP contribution in [0.2, 0.25) is 0 Å². The number of nitrogens with zero attached hydrogens (tertiary/aromatic N) is 1. The molecule has 29 heavy (non-hydrogen) atoms. The van der Waals surface area contributed by atoms with Crippen LogP contribution < -0.4 is 9.44 Å². The number of hydrogen-bond donors (Lipinski definition) is 2. The lowest BCUT2D eigenvalue weighted by molar-refractivity contribution is 0.591. The summed E-state index contributed by atoms with van der Waals surface area (Å²) in [5.74, 6) is 0.449. The number of amidine groups is 1. The fraction of sp³-hybridized carbons (Fsp3) is 0.350. The van der Waals surface area contributed by atoms with Gasteiger partial charge in [0.05, 0.1) is 15.5 Å². The average molecular weight is 436 g/mol. The van der Waals surface area contributed by atoms with Gasteiger partial charge >= 0.3 is 0 Å². The van der Waals surface area contributed by atoms with Crippen molar-refractivity contribution in [2.24, 2.45) is 4.99 Å². The zero-order chi connectivity index (χ0) is 20.9. The van der Waals surface area contributed by atoms with Crippen molar-refractivity contribution in [3.05, 3.63) is 54.1 Å². The van der Waals surface area contributed by atoms with Crippen LogP contribution >= 0.6 is 0 Å². The third-order valence-electron chi connectivity index (χ3n) is 4.66.